The van der Waals surface area contributed by atoms with Crippen LogP contribution < -0.4 is 0 Å². The lowest BCUT2D eigenvalue weighted by molar-refractivity contribution is 0.0308. The maximum atomic E-state index is 12.9. The van der Waals surface area contributed by atoms with Crippen molar-refractivity contribution in [3.63, 3.8) is 0 Å². The van der Waals surface area contributed by atoms with Crippen molar-refractivity contribution in [2.24, 2.45) is 7.05 Å². The van der Waals surface area contributed by atoms with Crippen LogP contribution in [0.5, 0.6) is 0 Å². The van der Waals surface area contributed by atoms with Gasteiger partial charge in [0.25, 0.3) is 10.0 Å². The summed E-state index contributed by atoms with van der Waals surface area (Å²) in [6, 6.07) is 4.25. The SMILES string of the molecule is Cn1nccc1S(=O)(=O)N1CCC(N2CC(n3cc(-c4ncnc5[nH]ccc45)cn3)C2)CC1. The molecule has 0 unspecified atom stereocenters. The highest BCUT2D eigenvalue weighted by atomic mass is 32.2. The number of nitrogens with one attached hydrogen (secondary N) is 1. The van der Waals surface area contributed by atoms with Gasteiger partial charge in [-0.25, -0.2) is 18.4 Å². The molecule has 2 aliphatic rings. The minimum Gasteiger partial charge on any atom is -0.346 e. The number of nitrogens with zero attached hydrogens (tertiary/aromatic N) is 8. The Bertz CT molecular complexity index is 1390. The second kappa shape index (κ2) is 7.75. The average molecular weight is 468 g/mol. The highest BCUT2D eigenvalue weighted by Gasteiger charge is 2.38. The van der Waals surface area contributed by atoms with E-state index in [4.69, 9.17) is 0 Å². The molecular weight excluding hydrogens is 442 g/mol. The summed E-state index contributed by atoms with van der Waals surface area (Å²) in [7, 11) is -1.83. The van der Waals surface area contributed by atoms with Crippen molar-refractivity contribution in [2.75, 3.05) is 26.2 Å². The second-order valence-electron chi connectivity index (χ2n) is 8.71. The third-order valence-corrected chi connectivity index (χ3v) is 8.79. The average Bonchev–Trinajstić information content (AvgIpc) is 3.53. The fourth-order valence-electron chi connectivity index (χ4n) is 4.91. The van der Waals surface area contributed by atoms with E-state index in [0.29, 0.717) is 25.2 Å². The zero-order chi connectivity index (χ0) is 22.6. The minimum absolute atomic E-state index is 0.250. The number of likely N-dealkylation sites (tertiary alicyclic amines) is 1. The van der Waals surface area contributed by atoms with E-state index in [1.54, 1.807) is 23.7 Å². The Morgan fingerprint density at radius 1 is 1.06 bits per heavy atom. The second-order valence-corrected chi connectivity index (χ2v) is 10.6. The molecular formula is C21H25N9O2S. The van der Waals surface area contributed by atoms with Gasteiger partial charge in [-0.1, -0.05) is 0 Å². The fourth-order valence-corrected chi connectivity index (χ4v) is 6.48. The molecule has 1 N–H and O–H groups in total. The van der Waals surface area contributed by atoms with Crippen LogP contribution in [0.3, 0.4) is 0 Å². The van der Waals surface area contributed by atoms with E-state index in [2.05, 4.69) is 36.2 Å². The van der Waals surface area contributed by atoms with Gasteiger partial charge in [0.05, 0.1) is 24.1 Å². The van der Waals surface area contributed by atoms with E-state index >= 15 is 0 Å². The molecule has 6 rings (SSSR count). The van der Waals surface area contributed by atoms with E-state index in [0.717, 1.165) is 48.2 Å². The van der Waals surface area contributed by atoms with Crippen molar-refractivity contribution in [2.45, 2.75) is 30.0 Å². The van der Waals surface area contributed by atoms with Gasteiger partial charge in [0.15, 0.2) is 5.03 Å². The number of sulfonamides is 1. The Labute approximate surface area is 191 Å². The van der Waals surface area contributed by atoms with Crippen LogP contribution in [0.1, 0.15) is 18.9 Å². The molecule has 172 valence electrons. The van der Waals surface area contributed by atoms with Crippen molar-refractivity contribution in [3.8, 4) is 11.3 Å². The molecule has 4 aromatic heterocycles. The van der Waals surface area contributed by atoms with E-state index in [1.165, 1.54) is 10.9 Å². The fraction of sp³-hybridized carbons (Fsp3) is 0.429. The lowest BCUT2D eigenvalue weighted by Gasteiger charge is -2.46. The van der Waals surface area contributed by atoms with Crippen molar-refractivity contribution in [1.82, 2.24) is 43.7 Å². The van der Waals surface area contributed by atoms with Crippen molar-refractivity contribution < 1.29 is 8.42 Å². The summed E-state index contributed by atoms with van der Waals surface area (Å²) in [4.78, 5) is 14.3. The number of fused-ring (bicyclic) bond motifs is 1. The summed E-state index contributed by atoms with van der Waals surface area (Å²) in [5.41, 5.74) is 2.68. The van der Waals surface area contributed by atoms with Crippen LogP contribution in [-0.4, -0.2) is 84.4 Å². The van der Waals surface area contributed by atoms with Crippen LogP contribution >= 0.6 is 0 Å². The Hall–Kier alpha value is -3.09. The number of hydrogen-bond donors (Lipinski definition) is 1. The third-order valence-electron chi connectivity index (χ3n) is 6.81. The maximum Gasteiger partial charge on any atom is 0.260 e. The van der Waals surface area contributed by atoms with Gasteiger partial charge >= 0.3 is 0 Å². The summed E-state index contributed by atoms with van der Waals surface area (Å²) in [6.45, 7) is 2.91. The monoisotopic (exact) mass is 467 g/mol. The molecule has 0 spiro atoms. The molecule has 0 bridgehead atoms. The summed E-state index contributed by atoms with van der Waals surface area (Å²) in [5.74, 6) is 0. The van der Waals surface area contributed by atoms with E-state index in [-0.39, 0.29) is 5.03 Å². The molecule has 6 heterocycles. The molecule has 2 saturated heterocycles. The van der Waals surface area contributed by atoms with Crippen LogP contribution in [-0.2, 0) is 17.1 Å². The predicted octanol–water partition coefficient (Wildman–Crippen LogP) is 1.26. The lowest BCUT2D eigenvalue weighted by atomic mass is 9.98. The van der Waals surface area contributed by atoms with Crippen LogP contribution in [0.2, 0.25) is 0 Å². The molecule has 2 aliphatic heterocycles. The number of rotatable bonds is 5. The summed E-state index contributed by atoms with van der Waals surface area (Å²) < 4.78 is 30.8. The van der Waals surface area contributed by atoms with Crippen molar-refractivity contribution >= 4 is 21.1 Å². The quantitative estimate of drug-likeness (QED) is 0.470. The Balaban J connectivity index is 1.07. The first-order chi connectivity index (χ1) is 16.0. The number of piperidine rings is 1. The molecule has 0 amide bonds. The molecule has 4 aromatic rings. The van der Waals surface area contributed by atoms with Gasteiger partial charge in [0, 0.05) is 62.6 Å². The first-order valence-corrected chi connectivity index (χ1v) is 12.5. The minimum atomic E-state index is -3.49. The standard InChI is InChI=1S/C21H25N9O2S/c1-27-19(3-7-25-27)33(31,32)29-8-4-16(5-9-29)28-12-17(13-28)30-11-15(10-26-30)20-18-2-6-22-21(18)24-14-23-20/h2-3,6-7,10-11,14,16-17H,4-5,8-9,12-13H2,1H3,(H,22,23,24). The molecule has 33 heavy (non-hydrogen) atoms. The van der Waals surface area contributed by atoms with E-state index in [9.17, 15) is 8.42 Å². The van der Waals surface area contributed by atoms with Crippen molar-refractivity contribution in [1.29, 1.82) is 0 Å². The summed E-state index contributed by atoms with van der Waals surface area (Å²) >= 11 is 0. The Morgan fingerprint density at radius 3 is 2.64 bits per heavy atom. The van der Waals surface area contributed by atoms with Gasteiger partial charge in [-0.2, -0.15) is 14.5 Å². The van der Waals surface area contributed by atoms with Gasteiger partial charge in [0.1, 0.15) is 12.0 Å². The lowest BCUT2D eigenvalue weighted by Crippen LogP contribution is -2.56. The van der Waals surface area contributed by atoms with Gasteiger partial charge in [-0.3, -0.25) is 14.3 Å². The van der Waals surface area contributed by atoms with Gasteiger partial charge in [-0.15, -0.1) is 0 Å². The first kappa shape index (κ1) is 20.5. The van der Waals surface area contributed by atoms with Crippen LogP contribution in [0.4, 0.5) is 0 Å². The summed E-state index contributed by atoms with van der Waals surface area (Å²) in [5, 5.41) is 9.83. The Morgan fingerprint density at radius 2 is 1.88 bits per heavy atom. The van der Waals surface area contributed by atoms with Crippen LogP contribution in [0.25, 0.3) is 22.3 Å². The van der Waals surface area contributed by atoms with Gasteiger partial charge < -0.3 is 4.98 Å². The number of aromatic nitrogens is 7. The molecule has 0 radical (unpaired) electrons. The van der Waals surface area contributed by atoms with E-state index < -0.39 is 10.0 Å². The highest BCUT2D eigenvalue weighted by molar-refractivity contribution is 7.89. The smallest absolute Gasteiger partial charge is 0.260 e. The van der Waals surface area contributed by atoms with Crippen LogP contribution in [0, 0.1) is 0 Å². The molecule has 0 atom stereocenters. The number of hydrogen-bond acceptors (Lipinski definition) is 7. The highest BCUT2D eigenvalue weighted by Crippen LogP contribution is 2.31. The number of H-pyrrole nitrogens is 1. The normalized spacial score (nSPS) is 19.3. The molecule has 2 fully saturated rings. The molecule has 0 aliphatic carbocycles. The predicted molar refractivity (Wildman–Crippen MR) is 121 cm³/mol. The topological polar surface area (TPSA) is 118 Å². The zero-order valence-electron chi connectivity index (χ0n) is 18.2. The maximum absolute atomic E-state index is 12.9. The first-order valence-electron chi connectivity index (χ1n) is 11.1. The molecule has 11 nitrogen and oxygen atoms in total. The number of aromatic amines is 1. The van der Waals surface area contributed by atoms with Crippen LogP contribution in [0.15, 0.2) is 48.3 Å². The van der Waals surface area contributed by atoms with Gasteiger partial charge in [0.2, 0.25) is 0 Å². The van der Waals surface area contributed by atoms with Crippen molar-refractivity contribution in [3.05, 3.63) is 43.2 Å². The zero-order valence-corrected chi connectivity index (χ0v) is 19.1. The molecule has 0 aromatic carbocycles. The summed E-state index contributed by atoms with van der Waals surface area (Å²) in [6.07, 6.45) is 10.5. The van der Waals surface area contributed by atoms with E-state index in [1.807, 2.05) is 23.1 Å². The largest absolute Gasteiger partial charge is 0.346 e. The number of aryl methyl sites for hydroxylation is 1. The Kier molecular flexibility index (Phi) is 4.82. The van der Waals surface area contributed by atoms with Gasteiger partial charge in [-0.05, 0) is 25.0 Å². The third kappa shape index (κ3) is 3.45. The molecule has 12 heteroatoms. The molecule has 0 saturated carbocycles.